The second kappa shape index (κ2) is 7.70. The average molecular weight is 560 g/mol. The van der Waals surface area contributed by atoms with E-state index in [2.05, 4.69) is 9.40 Å². The zero-order valence-electron chi connectivity index (χ0n) is 16.2. The van der Waals surface area contributed by atoms with E-state index in [9.17, 15) is 4.39 Å². The van der Waals surface area contributed by atoms with Crippen LogP contribution in [0.1, 0.15) is 33.3 Å². The number of rotatable bonds is 4. The summed E-state index contributed by atoms with van der Waals surface area (Å²) < 4.78 is 40.6. The van der Waals surface area contributed by atoms with E-state index in [-0.39, 0.29) is 12.6 Å². The van der Waals surface area contributed by atoms with Crippen LogP contribution in [-0.4, -0.2) is 58.0 Å². The quantitative estimate of drug-likeness (QED) is 0.328. The Kier molecular flexibility index (Phi) is 5.87. The maximum absolute atomic E-state index is 14.6. The summed E-state index contributed by atoms with van der Waals surface area (Å²) in [5, 5.41) is 1.52. The number of methoxy groups -OCH3 is 1. The summed E-state index contributed by atoms with van der Waals surface area (Å²) in [6.45, 7) is 8.06. The first-order valence-corrected chi connectivity index (χ1v) is 10.9. The number of fused-ring (bicyclic) bond motifs is 1. The van der Waals surface area contributed by atoms with Gasteiger partial charge in [0.2, 0.25) is 0 Å². The normalized spacial score (nSPS) is 17.6. The van der Waals surface area contributed by atoms with Gasteiger partial charge >= 0.3 is 176 Å². The zero-order chi connectivity index (χ0) is 19.8. The second-order valence-electron chi connectivity index (χ2n) is 7.44. The molecule has 2 aromatic rings. The van der Waals surface area contributed by atoms with Gasteiger partial charge in [-0.25, -0.2) is 0 Å². The molecule has 0 unspecified atom stereocenters. The molecule has 0 N–H and O–H groups in total. The van der Waals surface area contributed by atoms with Crippen LogP contribution in [0.5, 0.6) is 5.75 Å². The topological polar surface area (TPSA) is 36.9 Å². The molecule has 0 aromatic heterocycles. The number of hydrogen-bond donors (Lipinski definition) is 0. The summed E-state index contributed by atoms with van der Waals surface area (Å²) in [6.07, 6.45) is 0. The molecule has 0 bridgehead atoms. The molecule has 0 saturated carbocycles. The van der Waals surface area contributed by atoms with Crippen molar-refractivity contribution < 1.29 is 23.2 Å². The molecule has 0 spiro atoms. The number of halogens is 1. The van der Waals surface area contributed by atoms with Crippen LogP contribution in [0.4, 0.5) is 4.39 Å². The van der Waals surface area contributed by atoms with Gasteiger partial charge in [-0.05, 0) is 0 Å². The summed E-state index contributed by atoms with van der Waals surface area (Å²) in [5.74, 6) is 3.22. The van der Waals surface area contributed by atoms with Gasteiger partial charge in [-0.2, -0.15) is 0 Å². The Morgan fingerprint density at radius 2 is 1.81 bits per heavy atom. The van der Waals surface area contributed by atoms with Gasteiger partial charge in [0.05, 0.1) is 0 Å². The van der Waals surface area contributed by atoms with Crippen LogP contribution < -0.4 is 10.2 Å². The molecule has 0 atom stereocenters. The maximum atomic E-state index is 14.6. The Morgan fingerprint density at radius 1 is 1.15 bits per heavy atom. The molecule has 4 nitrogen and oxygen atoms in total. The predicted molar refractivity (Wildman–Crippen MR) is 105 cm³/mol. The predicted octanol–water partition coefficient (Wildman–Crippen LogP) is 2.74. The van der Waals surface area contributed by atoms with Crippen LogP contribution in [0.2, 0.25) is 0 Å². The van der Waals surface area contributed by atoms with Gasteiger partial charge in [0.25, 0.3) is 0 Å². The van der Waals surface area contributed by atoms with Gasteiger partial charge in [-0.15, -0.1) is 0 Å². The van der Waals surface area contributed by atoms with E-state index >= 15 is 0 Å². The van der Waals surface area contributed by atoms with E-state index in [1.807, 2.05) is 39.8 Å². The van der Waals surface area contributed by atoms with Crippen LogP contribution in [0.15, 0.2) is 24.3 Å². The van der Waals surface area contributed by atoms with Crippen molar-refractivity contribution in [3.05, 3.63) is 35.6 Å². The van der Waals surface area contributed by atoms with Crippen molar-refractivity contribution in [1.29, 1.82) is 0 Å². The monoisotopic (exact) mass is 560 g/mol. The molecule has 1 saturated heterocycles. The molecule has 27 heavy (non-hydrogen) atoms. The van der Waals surface area contributed by atoms with Crippen molar-refractivity contribution in [2.45, 2.75) is 38.9 Å². The van der Waals surface area contributed by atoms with Gasteiger partial charge < -0.3 is 0 Å². The molecule has 1 fully saturated rings. The molecule has 138 valence electrons. The van der Waals surface area contributed by atoms with E-state index in [1.54, 1.807) is 13.2 Å². The van der Waals surface area contributed by atoms with Crippen molar-refractivity contribution in [3.8, 4) is 15.1 Å². The third-order valence-corrected chi connectivity index (χ3v) is 5.68. The van der Waals surface area contributed by atoms with Gasteiger partial charge in [0.15, 0.2) is 0 Å². The van der Waals surface area contributed by atoms with Crippen molar-refractivity contribution in [1.82, 2.24) is 0 Å². The molecule has 0 radical (unpaired) electrons. The summed E-state index contributed by atoms with van der Waals surface area (Å²) >= 11 is 0.453. The SMILES string of the molecule is COCOc1cc(B2OC(C)(C)C(C)(C)O2)c2c(C#[C][Tl])c(F)ccc2c1. The summed E-state index contributed by atoms with van der Waals surface area (Å²) in [5.41, 5.74) is 0.0644. The van der Waals surface area contributed by atoms with E-state index in [1.165, 1.54) is 6.07 Å². The van der Waals surface area contributed by atoms with Gasteiger partial charge in [0, 0.05) is 0 Å². The molecule has 7 heteroatoms. The first-order chi connectivity index (χ1) is 12.7. The van der Waals surface area contributed by atoms with Crippen molar-refractivity contribution in [3.63, 3.8) is 0 Å². The minimum atomic E-state index is -0.650. The molecule has 0 amide bonds. The van der Waals surface area contributed by atoms with E-state index in [0.29, 0.717) is 47.9 Å². The van der Waals surface area contributed by atoms with Gasteiger partial charge in [-0.3, -0.25) is 0 Å². The number of ether oxygens (including phenoxy) is 2. The van der Waals surface area contributed by atoms with Crippen LogP contribution in [0, 0.1) is 15.2 Å². The number of hydrogen-bond acceptors (Lipinski definition) is 4. The first-order valence-electron chi connectivity index (χ1n) is 8.65. The third-order valence-electron chi connectivity index (χ3n) is 5.12. The van der Waals surface area contributed by atoms with E-state index in [0.717, 1.165) is 5.39 Å². The van der Waals surface area contributed by atoms with Crippen LogP contribution in [0.25, 0.3) is 10.8 Å². The minimum absolute atomic E-state index is 0.115. The fourth-order valence-electron chi connectivity index (χ4n) is 3.01. The Hall–Kier alpha value is -1.14. The molecule has 1 aliphatic heterocycles. The molecule has 2 aromatic carbocycles. The van der Waals surface area contributed by atoms with Gasteiger partial charge in [0.1, 0.15) is 0 Å². The fraction of sp³-hybridized carbons (Fsp3) is 0.400. The van der Waals surface area contributed by atoms with E-state index < -0.39 is 18.3 Å². The van der Waals surface area contributed by atoms with Crippen molar-refractivity contribution in [2.24, 2.45) is 0 Å². The summed E-state index contributed by atoms with van der Waals surface area (Å²) in [7, 11) is 0.910. The molecular formula is C20H21BFO4Tl. The van der Waals surface area contributed by atoms with Gasteiger partial charge in [-0.1, -0.05) is 0 Å². The Morgan fingerprint density at radius 3 is 2.41 bits per heavy atom. The third kappa shape index (κ3) is 3.88. The second-order valence-corrected chi connectivity index (χ2v) is 8.56. The summed E-state index contributed by atoms with van der Waals surface area (Å²) in [4.78, 5) is 0. The Labute approximate surface area is 175 Å². The standard InChI is InChI=1S/C20H21BFO4.Tl/c1-7-15-17(22)9-8-13-10-14(24-12-23-6)11-16(18(13)15)21-25-19(2,3)20(4,5)26-21;/h8-11H,12H2,2-6H3;. The fourth-order valence-corrected chi connectivity index (χ4v) is 3.57. The van der Waals surface area contributed by atoms with Crippen LogP contribution in [0.3, 0.4) is 0 Å². The average Bonchev–Trinajstić information content (AvgIpc) is 2.82. The molecule has 1 heterocycles. The molecule has 3 rings (SSSR count). The first kappa shape index (κ1) is 20.6. The summed E-state index contributed by atoms with van der Waals surface area (Å²) in [6, 6.07) is 6.83. The van der Waals surface area contributed by atoms with E-state index in [4.69, 9.17) is 18.8 Å². The zero-order valence-corrected chi connectivity index (χ0v) is 20.7. The Bertz CT molecular complexity index is 917. The van der Waals surface area contributed by atoms with Crippen LogP contribution in [-0.2, 0) is 14.0 Å². The molecule has 0 aliphatic carbocycles. The van der Waals surface area contributed by atoms with Crippen molar-refractivity contribution >= 4 is 49.1 Å². The molecule has 1 aliphatic rings. The molecular weight excluding hydrogens is 538 g/mol. The van der Waals surface area contributed by atoms with Crippen molar-refractivity contribution in [2.75, 3.05) is 13.9 Å². The number of benzene rings is 2. The van der Waals surface area contributed by atoms with Crippen LogP contribution >= 0.6 is 0 Å². The Balaban J connectivity index is 2.24.